The van der Waals surface area contributed by atoms with E-state index in [9.17, 15) is 14.7 Å². The Kier molecular flexibility index (Phi) is 6.21. The molecule has 6 nitrogen and oxygen atoms in total. The third-order valence-electron chi connectivity index (χ3n) is 5.00. The summed E-state index contributed by atoms with van der Waals surface area (Å²) in [5.74, 6) is -0.832. The molecule has 3 N–H and O–H groups in total. The van der Waals surface area contributed by atoms with Crippen molar-refractivity contribution in [2.75, 3.05) is 13.7 Å². The molecule has 0 aromatic heterocycles. The fourth-order valence-corrected chi connectivity index (χ4v) is 3.65. The Morgan fingerprint density at radius 3 is 2.68 bits per heavy atom. The molecule has 0 spiro atoms. The van der Waals surface area contributed by atoms with Crippen LogP contribution in [0.25, 0.3) is 0 Å². The molecular weight excluding hydrogens is 380 g/mol. The van der Waals surface area contributed by atoms with Gasteiger partial charge in [-0.25, -0.2) is 0 Å². The zero-order valence-electron chi connectivity index (χ0n) is 15.6. The zero-order chi connectivity index (χ0) is 20.1. The molecule has 1 aliphatic carbocycles. The Bertz CT molecular complexity index is 886. The Hall–Kier alpha value is -2.57. The lowest BCUT2D eigenvalue weighted by molar-refractivity contribution is -0.140. The molecular formula is C21H23ClN2O4. The first-order valence-corrected chi connectivity index (χ1v) is 9.50. The lowest BCUT2D eigenvalue weighted by Crippen LogP contribution is -2.47. The van der Waals surface area contributed by atoms with Crippen LogP contribution in [-0.2, 0) is 28.2 Å². The van der Waals surface area contributed by atoms with Crippen LogP contribution in [0.4, 0.5) is 0 Å². The van der Waals surface area contributed by atoms with Crippen molar-refractivity contribution in [2.45, 2.75) is 31.4 Å². The summed E-state index contributed by atoms with van der Waals surface area (Å²) >= 11 is 6.04. The highest BCUT2D eigenvalue weighted by Crippen LogP contribution is 2.36. The maximum absolute atomic E-state index is 12.2. The molecule has 0 aliphatic heterocycles. The predicted octanol–water partition coefficient (Wildman–Crippen LogP) is 2.31. The molecule has 148 valence electrons. The number of carbonyl (C=O) groups is 2. The van der Waals surface area contributed by atoms with E-state index in [1.54, 1.807) is 37.4 Å². The summed E-state index contributed by atoms with van der Waals surface area (Å²) in [6.45, 7) is 0.115. The highest BCUT2D eigenvalue weighted by molar-refractivity contribution is 6.35. The standard InChI is InChI=1S/C21H23ClN2O4/c1-28-16-8-9-17-14(11-16)6-4-10-21(17,27)13-24-20(26)19(25)23-12-15-5-2-3-7-18(15)22/h2-3,5,7-9,11,27H,4,6,10,12-13H2,1H3,(H,23,25)(H,24,26). The second kappa shape index (κ2) is 8.63. The molecule has 0 saturated heterocycles. The van der Waals surface area contributed by atoms with E-state index in [1.165, 1.54) is 0 Å². The van der Waals surface area contributed by atoms with Crippen molar-refractivity contribution in [3.8, 4) is 5.75 Å². The molecule has 1 atom stereocenters. The van der Waals surface area contributed by atoms with Crippen LogP contribution in [0.1, 0.15) is 29.5 Å². The first-order chi connectivity index (χ1) is 13.4. The van der Waals surface area contributed by atoms with E-state index < -0.39 is 17.4 Å². The number of methoxy groups -OCH3 is 1. The third-order valence-corrected chi connectivity index (χ3v) is 5.36. The molecule has 0 fully saturated rings. The Labute approximate surface area is 168 Å². The normalized spacial score (nSPS) is 18.1. The zero-order valence-corrected chi connectivity index (χ0v) is 16.4. The van der Waals surface area contributed by atoms with E-state index in [0.29, 0.717) is 11.4 Å². The van der Waals surface area contributed by atoms with Gasteiger partial charge in [-0.2, -0.15) is 0 Å². The van der Waals surface area contributed by atoms with Crippen molar-refractivity contribution >= 4 is 23.4 Å². The molecule has 0 heterocycles. The molecule has 2 aromatic carbocycles. The van der Waals surface area contributed by atoms with Gasteiger partial charge in [0.1, 0.15) is 11.4 Å². The highest BCUT2D eigenvalue weighted by Gasteiger charge is 2.35. The van der Waals surface area contributed by atoms with Gasteiger partial charge in [0.15, 0.2) is 0 Å². The topological polar surface area (TPSA) is 87.7 Å². The van der Waals surface area contributed by atoms with Gasteiger partial charge in [-0.1, -0.05) is 35.9 Å². The van der Waals surface area contributed by atoms with Gasteiger partial charge in [-0.15, -0.1) is 0 Å². The summed E-state index contributed by atoms with van der Waals surface area (Å²) in [5.41, 5.74) is 1.26. The number of aliphatic hydroxyl groups is 1. The van der Waals surface area contributed by atoms with Crippen LogP contribution in [0.3, 0.4) is 0 Å². The minimum Gasteiger partial charge on any atom is -0.497 e. The monoisotopic (exact) mass is 402 g/mol. The van der Waals surface area contributed by atoms with Crippen molar-refractivity contribution in [3.63, 3.8) is 0 Å². The van der Waals surface area contributed by atoms with E-state index in [-0.39, 0.29) is 13.1 Å². The van der Waals surface area contributed by atoms with Gasteiger partial charge >= 0.3 is 11.8 Å². The van der Waals surface area contributed by atoms with Crippen LogP contribution in [0.15, 0.2) is 42.5 Å². The summed E-state index contributed by atoms with van der Waals surface area (Å²) in [7, 11) is 1.60. The first-order valence-electron chi connectivity index (χ1n) is 9.12. The van der Waals surface area contributed by atoms with Crippen LogP contribution < -0.4 is 15.4 Å². The van der Waals surface area contributed by atoms with Gasteiger partial charge in [0.25, 0.3) is 0 Å². The van der Waals surface area contributed by atoms with Gasteiger partial charge in [0, 0.05) is 11.6 Å². The van der Waals surface area contributed by atoms with Crippen LogP contribution in [0.2, 0.25) is 5.02 Å². The smallest absolute Gasteiger partial charge is 0.309 e. The van der Waals surface area contributed by atoms with Gasteiger partial charge in [-0.05, 0) is 54.2 Å². The molecule has 1 aliphatic rings. The quantitative estimate of drug-likeness (QED) is 0.670. The average molecular weight is 403 g/mol. The maximum Gasteiger partial charge on any atom is 0.309 e. The van der Waals surface area contributed by atoms with Crippen LogP contribution in [0.5, 0.6) is 5.75 Å². The third kappa shape index (κ3) is 4.46. The van der Waals surface area contributed by atoms with E-state index in [0.717, 1.165) is 35.3 Å². The summed E-state index contributed by atoms with van der Waals surface area (Å²) in [6, 6.07) is 12.6. The van der Waals surface area contributed by atoms with Crippen LogP contribution in [-0.4, -0.2) is 30.6 Å². The number of carbonyl (C=O) groups excluding carboxylic acids is 2. The number of hydrogen-bond donors (Lipinski definition) is 3. The van der Waals surface area contributed by atoms with Gasteiger partial charge in [0.05, 0.1) is 13.7 Å². The van der Waals surface area contributed by atoms with E-state index in [4.69, 9.17) is 16.3 Å². The number of aryl methyl sites for hydroxylation is 1. The largest absolute Gasteiger partial charge is 0.497 e. The Morgan fingerprint density at radius 1 is 1.18 bits per heavy atom. The van der Waals surface area contributed by atoms with E-state index in [1.807, 2.05) is 12.1 Å². The van der Waals surface area contributed by atoms with Gasteiger partial charge in [0.2, 0.25) is 0 Å². The van der Waals surface area contributed by atoms with Crippen LogP contribution >= 0.6 is 11.6 Å². The molecule has 0 radical (unpaired) electrons. The van der Waals surface area contributed by atoms with E-state index >= 15 is 0 Å². The lowest BCUT2D eigenvalue weighted by Gasteiger charge is -2.34. The number of fused-ring (bicyclic) bond motifs is 1. The number of halogens is 1. The van der Waals surface area contributed by atoms with Crippen molar-refractivity contribution in [3.05, 3.63) is 64.2 Å². The van der Waals surface area contributed by atoms with Crippen molar-refractivity contribution in [1.82, 2.24) is 10.6 Å². The number of amides is 2. The molecule has 0 saturated carbocycles. The maximum atomic E-state index is 12.2. The second-order valence-electron chi connectivity index (χ2n) is 6.86. The number of rotatable bonds is 5. The summed E-state index contributed by atoms with van der Waals surface area (Å²) in [5, 5.41) is 16.7. The fourth-order valence-electron chi connectivity index (χ4n) is 3.45. The fraction of sp³-hybridized carbons (Fsp3) is 0.333. The van der Waals surface area contributed by atoms with Crippen molar-refractivity contribution in [2.24, 2.45) is 0 Å². The Morgan fingerprint density at radius 2 is 1.93 bits per heavy atom. The first kappa shape index (κ1) is 20.2. The molecule has 7 heteroatoms. The minimum absolute atomic E-state index is 0.0370. The van der Waals surface area contributed by atoms with Crippen LogP contribution in [0, 0.1) is 0 Å². The number of ether oxygens (including phenoxy) is 1. The van der Waals surface area contributed by atoms with E-state index in [2.05, 4.69) is 10.6 Å². The highest BCUT2D eigenvalue weighted by atomic mass is 35.5. The number of benzene rings is 2. The minimum atomic E-state index is -1.21. The molecule has 2 aromatic rings. The summed E-state index contributed by atoms with van der Waals surface area (Å²) in [6.07, 6.45) is 2.13. The van der Waals surface area contributed by atoms with Gasteiger partial charge in [-0.3, -0.25) is 9.59 Å². The molecule has 0 bridgehead atoms. The lowest BCUT2D eigenvalue weighted by atomic mass is 9.79. The van der Waals surface area contributed by atoms with Crippen molar-refractivity contribution < 1.29 is 19.4 Å². The average Bonchev–Trinajstić information content (AvgIpc) is 2.71. The molecule has 2 amide bonds. The number of hydrogen-bond acceptors (Lipinski definition) is 4. The molecule has 28 heavy (non-hydrogen) atoms. The molecule has 3 rings (SSSR count). The summed E-state index contributed by atoms with van der Waals surface area (Å²) < 4.78 is 5.24. The second-order valence-corrected chi connectivity index (χ2v) is 7.27. The Balaban J connectivity index is 1.60. The van der Waals surface area contributed by atoms with Gasteiger partial charge < -0.3 is 20.5 Å². The van der Waals surface area contributed by atoms with Crippen molar-refractivity contribution in [1.29, 1.82) is 0 Å². The SMILES string of the molecule is COc1ccc2c(c1)CCCC2(O)CNC(=O)C(=O)NCc1ccccc1Cl. The number of nitrogens with one attached hydrogen (secondary N) is 2. The molecule has 1 unspecified atom stereocenters. The predicted molar refractivity (Wildman–Crippen MR) is 106 cm³/mol. The summed E-state index contributed by atoms with van der Waals surface area (Å²) in [4.78, 5) is 24.2.